The second-order valence-corrected chi connectivity index (χ2v) is 19.2. The molecule has 5 saturated carbocycles. The number of benzene rings is 7. The number of rotatable bonds is 5. The Bertz CT molecular complexity index is 2740. The van der Waals surface area contributed by atoms with Gasteiger partial charge in [0.1, 0.15) is 0 Å². The Morgan fingerprint density at radius 3 is 1.59 bits per heavy atom. The predicted octanol–water partition coefficient (Wildman–Crippen LogP) is 15.4. The minimum Gasteiger partial charge on any atom is -0.310 e. The topological polar surface area (TPSA) is 3.24 Å². The highest BCUT2D eigenvalue weighted by atomic mass is 15.1. The van der Waals surface area contributed by atoms with E-state index in [0.29, 0.717) is 0 Å². The summed E-state index contributed by atoms with van der Waals surface area (Å²) < 4.78 is 0. The van der Waals surface area contributed by atoms with Crippen LogP contribution in [-0.4, -0.2) is 0 Å². The molecule has 7 aliphatic carbocycles. The average Bonchev–Trinajstić information content (AvgIpc) is 3.73. The zero-order valence-corrected chi connectivity index (χ0v) is 33.9. The first-order chi connectivity index (χ1) is 29.2. The van der Waals surface area contributed by atoms with Crippen molar-refractivity contribution in [3.8, 4) is 44.5 Å². The molecule has 7 aromatic rings. The van der Waals surface area contributed by atoms with Crippen molar-refractivity contribution in [2.75, 3.05) is 4.90 Å². The summed E-state index contributed by atoms with van der Waals surface area (Å²) in [6.07, 6.45) is 13.4. The first-order valence-corrected chi connectivity index (χ1v) is 22.7. The highest BCUT2D eigenvalue weighted by molar-refractivity contribution is 5.94. The van der Waals surface area contributed by atoms with Crippen LogP contribution in [0.15, 0.2) is 164 Å². The molecule has 288 valence electrons. The van der Waals surface area contributed by atoms with Gasteiger partial charge < -0.3 is 4.90 Å². The summed E-state index contributed by atoms with van der Waals surface area (Å²) in [5.74, 6) is 3.27. The van der Waals surface area contributed by atoms with Crippen molar-refractivity contribution in [2.24, 2.45) is 23.7 Å². The lowest BCUT2D eigenvalue weighted by atomic mass is 9.43. The van der Waals surface area contributed by atoms with E-state index in [9.17, 15) is 0 Å². The van der Waals surface area contributed by atoms with Gasteiger partial charge in [0.25, 0.3) is 0 Å². The van der Waals surface area contributed by atoms with Gasteiger partial charge in [0.15, 0.2) is 0 Å². The summed E-state index contributed by atoms with van der Waals surface area (Å²) in [6.45, 7) is 0. The molecule has 7 aliphatic rings. The molecule has 0 saturated heterocycles. The van der Waals surface area contributed by atoms with E-state index in [1.54, 1.807) is 16.7 Å². The van der Waals surface area contributed by atoms with E-state index in [1.165, 1.54) is 131 Å². The zero-order chi connectivity index (χ0) is 38.7. The van der Waals surface area contributed by atoms with Crippen LogP contribution in [0.25, 0.3) is 44.5 Å². The van der Waals surface area contributed by atoms with Gasteiger partial charge in [-0.1, -0.05) is 147 Å². The third kappa shape index (κ3) is 4.85. The SMILES string of the molecule is c1ccc(-c2ccc(N(c3ccc4c(c3)C3(CCCCC3)c3ccccc3-4)c3ccc4c(c3)C3(c5ccccc5-4)C4CC5CC(C4)CC3C5)c(-c3ccccc3)c2)cc1. The number of nitrogens with zero attached hydrogens (tertiary/aromatic N) is 1. The Hall–Kier alpha value is -5.66. The van der Waals surface area contributed by atoms with Gasteiger partial charge in [-0.2, -0.15) is 0 Å². The molecule has 14 rings (SSSR count). The van der Waals surface area contributed by atoms with Crippen LogP contribution >= 0.6 is 0 Å². The maximum Gasteiger partial charge on any atom is 0.0540 e. The molecular formula is C58H51N. The van der Waals surface area contributed by atoms with Crippen molar-refractivity contribution in [1.82, 2.24) is 0 Å². The largest absolute Gasteiger partial charge is 0.310 e. The van der Waals surface area contributed by atoms with E-state index >= 15 is 0 Å². The average molecular weight is 762 g/mol. The summed E-state index contributed by atoms with van der Waals surface area (Å²) in [7, 11) is 0. The molecule has 0 aromatic heterocycles. The second-order valence-electron chi connectivity index (χ2n) is 19.2. The lowest BCUT2D eigenvalue weighted by molar-refractivity contribution is -0.0399. The zero-order valence-electron chi connectivity index (χ0n) is 33.9. The molecule has 0 atom stereocenters. The van der Waals surface area contributed by atoms with Gasteiger partial charge in [0, 0.05) is 27.8 Å². The van der Waals surface area contributed by atoms with Crippen LogP contribution in [0.4, 0.5) is 17.1 Å². The van der Waals surface area contributed by atoms with Crippen LogP contribution < -0.4 is 4.90 Å². The van der Waals surface area contributed by atoms with Gasteiger partial charge in [-0.3, -0.25) is 0 Å². The quantitative estimate of drug-likeness (QED) is 0.169. The molecule has 1 heteroatoms. The molecule has 0 heterocycles. The van der Waals surface area contributed by atoms with Crippen LogP contribution in [0.2, 0.25) is 0 Å². The second kappa shape index (κ2) is 12.9. The van der Waals surface area contributed by atoms with Gasteiger partial charge in [-0.05, 0) is 166 Å². The molecule has 0 radical (unpaired) electrons. The van der Waals surface area contributed by atoms with Crippen molar-refractivity contribution in [2.45, 2.75) is 75.0 Å². The summed E-state index contributed by atoms with van der Waals surface area (Å²) in [5, 5.41) is 0. The van der Waals surface area contributed by atoms with E-state index in [4.69, 9.17) is 0 Å². The molecule has 0 aliphatic heterocycles. The van der Waals surface area contributed by atoms with Crippen molar-refractivity contribution < 1.29 is 0 Å². The maximum atomic E-state index is 2.69. The predicted molar refractivity (Wildman–Crippen MR) is 245 cm³/mol. The Morgan fingerprint density at radius 2 is 0.915 bits per heavy atom. The number of anilines is 3. The van der Waals surface area contributed by atoms with Crippen LogP contribution in [0.5, 0.6) is 0 Å². The molecule has 7 aromatic carbocycles. The van der Waals surface area contributed by atoms with Crippen molar-refractivity contribution >= 4 is 17.1 Å². The molecule has 0 unspecified atom stereocenters. The van der Waals surface area contributed by atoms with E-state index in [1.807, 2.05) is 0 Å². The van der Waals surface area contributed by atoms with Gasteiger partial charge >= 0.3 is 0 Å². The van der Waals surface area contributed by atoms with E-state index in [-0.39, 0.29) is 10.8 Å². The summed E-state index contributed by atoms with van der Waals surface area (Å²) in [5.41, 5.74) is 21.1. The van der Waals surface area contributed by atoms with Gasteiger partial charge in [-0.15, -0.1) is 0 Å². The fraction of sp³-hybridized carbons (Fsp3) is 0.276. The van der Waals surface area contributed by atoms with E-state index in [0.717, 1.165) is 23.7 Å². The molecule has 0 amide bonds. The van der Waals surface area contributed by atoms with Gasteiger partial charge in [-0.25, -0.2) is 0 Å². The molecule has 5 fully saturated rings. The molecule has 0 N–H and O–H groups in total. The Labute approximate surface area is 349 Å². The van der Waals surface area contributed by atoms with Crippen LogP contribution in [0.3, 0.4) is 0 Å². The molecule has 1 nitrogen and oxygen atoms in total. The molecule has 2 spiro atoms. The Morgan fingerprint density at radius 1 is 0.373 bits per heavy atom. The van der Waals surface area contributed by atoms with E-state index < -0.39 is 0 Å². The highest BCUT2D eigenvalue weighted by Gasteiger charge is 2.61. The third-order valence-electron chi connectivity index (χ3n) is 16.4. The van der Waals surface area contributed by atoms with Gasteiger partial charge in [0.05, 0.1) is 5.69 Å². The molecular weight excluding hydrogens is 711 g/mol. The Kier molecular flexibility index (Phi) is 7.49. The van der Waals surface area contributed by atoms with Crippen molar-refractivity contribution in [3.63, 3.8) is 0 Å². The monoisotopic (exact) mass is 761 g/mol. The number of hydrogen-bond acceptors (Lipinski definition) is 1. The molecule has 59 heavy (non-hydrogen) atoms. The standard InChI is InChI=1S/C58H51N/c1-4-14-40(15-5-1)42-22-27-56(51(35-42)41-16-6-2-7-17-41)59(45-23-25-49-47-18-8-10-20-52(47)57(54(49)36-45)28-12-3-13-29-57)46-24-26-50-48-19-9-11-21-53(48)58(55(50)37-46)43-31-38-30-39(33-43)34-44(58)32-38/h1-2,4-11,14-27,35-39,43-44H,3,12-13,28-34H2. The van der Waals surface area contributed by atoms with Gasteiger partial charge in [0.2, 0.25) is 0 Å². The number of hydrogen-bond donors (Lipinski definition) is 0. The fourth-order valence-corrected chi connectivity index (χ4v) is 14.4. The van der Waals surface area contributed by atoms with E-state index in [2.05, 4.69) is 169 Å². The summed E-state index contributed by atoms with van der Waals surface area (Å²) >= 11 is 0. The summed E-state index contributed by atoms with van der Waals surface area (Å²) in [6, 6.07) is 63.4. The maximum absolute atomic E-state index is 2.69. The lowest BCUT2D eigenvalue weighted by Gasteiger charge is -2.61. The smallest absolute Gasteiger partial charge is 0.0540 e. The van der Waals surface area contributed by atoms with Crippen molar-refractivity contribution in [1.29, 1.82) is 0 Å². The normalized spacial score (nSPS) is 24.8. The van der Waals surface area contributed by atoms with Crippen molar-refractivity contribution in [3.05, 3.63) is 186 Å². The minimum absolute atomic E-state index is 0.0787. The summed E-state index contributed by atoms with van der Waals surface area (Å²) in [4.78, 5) is 2.66. The highest BCUT2D eigenvalue weighted by Crippen LogP contribution is 2.70. The van der Waals surface area contributed by atoms with Crippen LogP contribution in [0, 0.1) is 23.7 Å². The molecule has 4 bridgehead atoms. The fourth-order valence-electron chi connectivity index (χ4n) is 14.4. The Balaban J connectivity index is 1.06. The third-order valence-corrected chi connectivity index (χ3v) is 16.4. The van der Waals surface area contributed by atoms with Crippen LogP contribution in [0.1, 0.15) is 86.5 Å². The van der Waals surface area contributed by atoms with Crippen LogP contribution in [-0.2, 0) is 10.8 Å². The number of fused-ring (bicyclic) bond motifs is 8. The minimum atomic E-state index is 0.0787. The first-order valence-electron chi connectivity index (χ1n) is 22.7. The lowest BCUT2D eigenvalue weighted by Crippen LogP contribution is -2.55. The first kappa shape index (κ1) is 34.2.